The summed E-state index contributed by atoms with van der Waals surface area (Å²) in [6.07, 6.45) is 1.49. The highest BCUT2D eigenvalue weighted by Crippen LogP contribution is 2.27. The van der Waals surface area contributed by atoms with Crippen molar-refractivity contribution in [2.24, 2.45) is 5.73 Å². The third-order valence-corrected chi connectivity index (χ3v) is 3.49. The molecule has 0 aliphatic heterocycles. The Morgan fingerprint density at radius 2 is 1.71 bits per heavy atom. The van der Waals surface area contributed by atoms with E-state index in [0.717, 1.165) is 15.2 Å². The molecule has 0 bridgehead atoms. The molecule has 1 amide bonds. The van der Waals surface area contributed by atoms with Crippen LogP contribution in [0.4, 0.5) is 0 Å². The van der Waals surface area contributed by atoms with Crippen molar-refractivity contribution in [2.45, 2.75) is 0 Å². The highest BCUT2D eigenvalue weighted by atomic mass is 79.9. The minimum absolute atomic E-state index is 0.178. The van der Waals surface area contributed by atoms with E-state index < -0.39 is 5.91 Å². The van der Waals surface area contributed by atoms with Gasteiger partial charge in [-0.05, 0) is 41.1 Å². The van der Waals surface area contributed by atoms with E-state index in [2.05, 4.69) is 20.9 Å². The van der Waals surface area contributed by atoms with Crippen molar-refractivity contribution in [2.75, 3.05) is 0 Å². The Hall–Kier alpha value is -2.40. The molecule has 0 atom stereocenters. The maximum Gasteiger partial charge on any atom is 0.267 e. The number of carbonyl (C=O) groups excluding carboxylic acids is 1. The zero-order chi connectivity index (χ0) is 14.8. The Bertz CT molecular complexity index is 833. The lowest BCUT2D eigenvalue weighted by molar-refractivity contribution is 0.0995. The van der Waals surface area contributed by atoms with E-state index in [1.807, 2.05) is 36.4 Å². The number of fused-ring (bicyclic) bond motifs is 1. The molecule has 0 radical (unpaired) electrons. The standard InChI is InChI=1S/C16H11BrN2O2/c17-12-3-1-11-8-13(4-2-10(11)7-12)21-14-5-6-19-15(9-14)16(18)20/h1-9H,(H2,18,20). The van der Waals surface area contributed by atoms with Crippen molar-refractivity contribution in [3.05, 3.63) is 64.9 Å². The second kappa shape index (κ2) is 5.54. The van der Waals surface area contributed by atoms with Gasteiger partial charge in [0.15, 0.2) is 0 Å². The van der Waals surface area contributed by atoms with E-state index in [1.54, 1.807) is 6.07 Å². The largest absolute Gasteiger partial charge is 0.457 e. The van der Waals surface area contributed by atoms with Crippen LogP contribution in [0.5, 0.6) is 11.5 Å². The van der Waals surface area contributed by atoms with Crippen molar-refractivity contribution in [3.63, 3.8) is 0 Å². The van der Waals surface area contributed by atoms with E-state index in [0.29, 0.717) is 11.5 Å². The molecule has 21 heavy (non-hydrogen) atoms. The molecule has 2 aromatic carbocycles. The van der Waals surface area contributed by atoms with Gasteiger partial charge >= 0.3 is 0 Å². The summed E-state index contributed by atoms with van der Waals surface area (Å²) in [6, 6.07) is 15.0. The minimum atomic E-state index is -0.580. The van der Waals surface area contributed by atoms with Gasteiger partial charge in [0.05, 0.1) is 0 Å². The van der Waals surface area contributed by atoms with Gasteiger partial charge in [-0.25, -0.2) is 0 Å². The van der Waals surface area contributed by atoms with Gasteiger partial charge in [0.1, 0.15) is 17.2 Å². The van der Waals surface area contributed by atoms with Crippen LogP contribution in [0.2, 0.25) is 0 Å². The number of hydrogen-bond acceptors (Lipinski definition) is 3. The number of carbonyl (C=O) groups is 1. The maximum absolute atomic E-state index is 11.1. The average Bonchev–Trinajstić information content (AvgIpc) is 2.48. The van der Waals surface area contributed by atoms with Gasteiger partial charge in [-0.15, -0.1) is 0 Å². The van der Waals surface area contributed by atoms with Crippen LogP contribution in [0, 0.1) is 0 Å². The van der Waals surface area contributed by atoms with Crippen LogP contribution in [0.1, 0.15) is 10.5 Å². The van der Waals surface area contributed by atoms with Crippen molar-refractivity contribution < 1.29 is 9.53 Å². The highest BCUT2D eigenvalue weighted by Gasteiger charge is 2.05. The Morgan fingerprint density at radius 3 is 2.52 bits per heavy atom. The van der Waals surface area contributed by atoms with Crippen LogP contribution in [0.3, 0.4) is 0 Å². The number of pyridine rings is 1. The van der Waals surface area contributed by atoms with E-state index in [4.69, 9.17) is 10.5 Å². The number of ether oxygens (including phenoxy) is 1. The summed E-state index contributed by atoms with van der Waals surface area (Å²) in [5, 5.41) is 2.18. The maximum atomic E-state index is 11.1. The molecule has 1 aromatic heterocycles. The van der Waals surface area contributed by atoms with Crippen molar-refractivity contribution in [3.8, 4) is 11.5 Å². The molecule has 0 unspecified atom stereocenters. The molecule has 0 saturated carbocycles. The van der Waals surface area contributed by atoms with Crippen LogP contribution in [-0.2, 0) is 0 Å². The fraction of sp³-hybridized carbons (Fsp3) is 0. The third kappa shape index (κ3) is 3.03. The summed E-state index contributed by atoms with van der Waals surface area (Å²) < 4.78 is 6.78. The van der Waals surface area contributed by atoms with E-state index in [-0.39, 0.29) is 5.69 Å². The fourth-order valence-electron chi connectivity index (χ4n) is 2.00. The molecule has 104 valence electrons. The first-order valence-corrected chi connectivity index (χ1v) is 7.04. The normalized spacial score (nSPS) is 10.5. The molecule has 4 nitrogen and oxygen atoms in total. The molecule has 5 heteroatoms. The van der Waals surface area contributed by atoms with Crippen LogP contribution < -0.4 is 10.5 Å². The first kappa shape index (κ1) is 13.6. The number of amides is 1. The highest BCUT2D eigenvalue weighted by molar-refractivity contribution is 9.10. The second-order valence-electron chi connectivity index (χ2n) is 4.50. The van der Waals surface area contributed by atoms with Gasteiger partial charge in [-0.1, -0.05) is 28.1 Å². The van der Waals surface area contributed by atoms with E-state index in [9.17, 15) is 4.79 Å². The number of primary amides is 1. The number of rotatable bonds is 3. The number of benzene rings is 2. The summed E-state index contributed by atoms with van der Waals surface area (Å²) in [4.78, 5) is 15.0. The molecule has 0 fully saturated rings. The van der Waals surface area contributed by atoms with Gasteiger partial charge in [0, 0.05) is 16.7 Å². The molecule has 0 aliphatic carbocycles. The molecule has 2 N–H and O–H groups in total. The second-order valence-corrected chi connectivity index (χ2v) is 5.41. The van der Waals surface area contributed by atoms with Gasteiger partial charge in [0.2, 0.25) is 0 Å². The minimum Gasteiger partial charge on any atom is -0.457 e. The van der Waals surface area contributed by atoms with Crippen LogP contribution in [0.15, 0.2) is 59.2 Å². The third-order valence-electron chi connectivity index (χ3n) is 2.99. The quantitative estimate of drug-likeness (QED) is 0.785. The first-order chi connectivity index (χ1) is 10.1. The predicted molar refractivity (Wildman–Crippen MR) is 84.5 cm³/mol. The lowest BCUT2D eigenvalue weighted by atomic mass is 10.1. The van der Waals surface area contributed by atoms with E-state index >= 15 is 0 Å². The molecular formula is C16H11BrN2O2. The molecule has 3 rings (SSSR count). The Labute approximate surface area is 129 Å². The van der Waals surface area contributed by atoms with Crippen molar-refractivity contribution in [1.29, 1.82) is 0 Å². The molecule has 1 heterocycles. The lowest BCUT2D eigenvalue weighted by Gasteiger charge is -2.07. The summed E-state index contributed by atoms with van der Waals surface area (Å²) in [7, 11) is 0. The SMILES string of the molecule is NC(=O)c1cc(Oc2ccc3cc(Br)ccc3c2)ccn1. The van der Waals surface area contributed by atoms with E-state index in [1.165, 1.54) is 12.3 Å². The van der Waals surface area contributed by atoms with Gasteiger partial charge < -0.3 is 10.5 Å². The number of halogens is 1. The van der Waals surface area contributed by atoms with Crippen LogP contribution >= 0.6 is 15.9 Å². The van der Waals surface area contributed by atoms with Gasteiger partial charge in [-0.2, -0.15) is 0 Å². The number of hydrogen-bond donors (Lipinski definition) is 1. The number of nitrogens with two attached hydrogens (primary N) is 1. The lowest BCUT2D eigenvalue weighted by Crippen LogP contribution is -2.12. The topological polar surface area (TPSA) is 65.2 Å². The Morgan fingerprint density at radius 1 is 1.00 bits per heavy atom. The molecule has 0 aliphatic rings. The fourth-order valence-corrected chi connectivity index (χ4v) is 2.38. The Kier molecular flexibility index (Phi) is 3.58. The monoisotopic (exact) mass is 342 g/mol. The molecule has 0 saturated heterocycles. The van der Waals surface area contributed by atoms with Crippen LogP contribution in [0.25, 0.3) is 10.8 Å². The van der Waals surface area contributed by atoms with Gasteiger partial charge in [-0.3, -0.25) is 9.78 Å². The molecule has 3 aromatic rings. The summed E-state index contributed by atoms with van der Waals surface area (Å²) in [5.41, 5.74) is 5.38. The predicted octanol–water partition coefficient (Wildman–Crippen LogP) is 3.89. The number of nitrogens with zero attached hydrogens (tertiary/aromatic N) is 1. The zero-order valence-corrected chi connectivity index (χ0v) is 12.5. The molecular weight excluding hydrogens is 332 g/mol. The van der Waals surface area contributed by atoms with Gasteiger partial charge in [0.25, 0.3) is 5.91 Å². The number of aromatic nitrogens is 1. The van der Waals surface area contributed by atoms with Crippen molar-refractivity contribution >= 4 is 32.6 Å². The summed E-state index contributed by atoms with van der Waals surface area (Å²) in [6.45, 7) is 0. The first-order valence-electron chi connectivity index (χ1n) is 6.25. The zero-order valence-electron chi connectivity index (χ0n) is 10.9. The molecule has 0 spiro atoms. The smallest absolute Gasteiger partial charge is 0.267 e. The summed E-state index contributed by atoms with van der Waals surface area (Å²) >= 11 is 3.44. The van der Waals surface area contributed by atoms with Crippen LogP contribution in [-0.4, -0.2) is 10.9 Å². The Balaban J connectivity index is 1.92. The van der Waals surface area contributed by atoms with Crippen molar-refractivity contribution in [1.82, 2.24) is 4.98 Å². The average molecular weight is 343 g/mol. The summed E-state index contributed by atoms with van der Waals surface area (Å²) in [5.74, 6) is 0.630.